The third kappa shape index (κ3) is 4.74. The first-order valence-electron chi connectivity index (χ1n) is 9.43. The SMILES string of the molecule is O=C(Oc1ccc(Cl)cc1Cl)c1ccc(NC2=C(Cl)C(=O)N(c3ccc(F)c(Cl)c3)C2=O)cc1. The van der Waals surface area contributed by atoms with Crippen molar-refractivity contribution in [1.29, 1.82) is 0 Å². The minimum Gasteiger partial charge on any atom is -0.421 e. The Bertz CT molecular complexity index is 1380. The van der Waals surface area contributed by atoms with Crippen LogP contribution in [0.2, 0.25) is 15.1 Å². The van der Waals surface area contributed by atoms with Gasteiger partial charge in [0.05, 0.1) is 21.3 Å². The number of nitrogens with one attached hydrogen (secondary N) is 1. The van der Waals surface area contributed by atoms with Gasteiger partial charge in [-0.2, -0.15) is 0 Å². The summed E-state index contributed by atoms with van der Waals surface area (Å²) in [6, 6.07) is 13.7. The van der Waals surface area contributed by atoms with Crippen LogP contribution >= 0.6 is 46.4 Å². The highest BCUT2D eigenvalue weighted by atomic mass is 35.5. The van der Waals surface area contributed by atoms with E-state index in [0.717, 1.165) is 17.0 Å². The predicted octanol–water partition coefficient (Wildman–Crippen LogP) is 6.44. The van der Waals surface area contributed by atoms with Crippen molar-refractivity contribution in [1.82, 2.24) is 0 Å². The van der Waals surface area contributed by atoms with Gasteiger partial charge in [-0.05, 0) is 60.7 Å². The first kappa shape index (κ1) is 24.0. The lowest BCUT2D eigenvalue weighted by Gasteiger charge is -2.15. The lowest BCUT2D eigenvalue weighted by atomic mass is 10.2. The Hall–Kier alpha value is -3.10. The molecule has 34 heavy (non-hydrogen) atoms. The van der Waals surface area contributed by atoms with E-state index < -0.39 is 23.6 Å². The van der Waals surface area contributed by atoms with Crippen LogP contribution in [0.15, 0.2) is 71.4 Å². The number of anilines is 2. The van der Waals surface area contributed by atoms with Gasteiger partial charge in [-0.15, -0.1) is 0 Å². The second kappa shape index (κ2) is 9.64. The van der Waals surface area contributed by atoms with Crippen LogP contribution in [0.4, 0.5) is 15.8 Å². The van der Waals surface area contributed by atoms with Crippen LogP contribution in [0.25, 0.3) is 0 Å². The van der Waals surface area contributed by atoms with E-state index in [-0.39, 0.29) is 37.8 Å². The van der Waals surface area contributed by atoms with Gasteiger partial charge in [0.15, 0.2) is 0 Å². The number of amides is 2. The van der Waals surface area contributed by atoms with E-state index in [1.54, 1.807) is 0 Å². The predicted molar refractivity (Wildman–Crippen MR) is 128 cm³/mol. The van der Waals surface area contributed by atoms with Crippen molar-refractivity contribution in [3.05, 3.63) is 97.8 Å². The van der Waals surface area contributed by atoms with Gasteiger partial charge >= 0.3 is 5.97 Å². The number of rotatable bonds is 5. The normalized spacial score (nSPS) is 13.5. The molecule has 172 valence electrons. The van der Waals surface area contributed by atoms with Crippen molar-refractivity contribution < 1.29 is 23.5 Å². The van der Waals surface area contributed by atoms with Crippen molar-refractivity contribution >= 4 is 75.6 Å². The lowest BCUT2D eigenvalue weighted by molar-refractivity contribution is -0.120. The van der Waals surface area contributed by atoms with Crippen molar-refractivity contribution in [2.75, 3.05) is 10.2 Å². The number of nitrogens with zero attached hydrogens (tertiary/aromatic N) is 1. The molecule has 0 bridgehead atoms. The Morgan fingerprint density at radius 1 is 0.853 bits per heavy atom. The Kier molecular flexibility index (Phi) is 6.81. The number of halogens is 5. The highest BCUT2D eigenvalue weighted by Gasteiger charge is 2.39. The third-order valence-corrected chi connectivity index (χ3v) is 5.85. The monoisotopic (exact) mass is 538 g/mol. The summed E-state index contributed by atoms with van der Waals surface area (Å²) in [5.74, 6) is -2.76. The number of hydrogen-bond acceptors (Lipinski definition) is 5. The Labute approximate surface area is 212 Å². The quantitative estimate of drug-likeness (QED) is 0.229. The van der Waals surface area contributed by atoms with Gasteiger partial charge in [0, 0.05) is 10.7 Å². The highest BCUT2D eigenvalue weighted by molar-refractivity contribution is 6.53. The van der Waals surface area contributed by atoms with Crippen molar-refractivity contribution in [2.45, 2.75) is 0 Å². The van der Waals surface area contributed by atoms with E-state index >= 15 is 0 Å². The van der Waals surface area contributed by atoms with Gasteiger partial charge in [-0.3, -0.25) is 9.59 Å². The number of esters is 1. The summed E-state index contributed by atoms with van der Waals surface area (Å²) in [7, 11) is 0. The molecule has 4 rings (SSSR count). The average molecular weight is 540 g/mol. The zero-order valence-corrected chi connectivity index (χ0v) is 19.8. The van der Waals surface area contributed by atoms with E-state index in [2.05, 4.69) is 5.32 Å². The molecule has 1 heterocycles. The molecule has 0 radical (unpaired) electrons. The molecule has 0 aromatic heterocycles. The number of benzene rings is 3. The number of carbonyl (C=O) groups excluding carboxylic acids is 3. The first-order valence-corrected chi connectivity index (χ1v) is 10.9. The fraction of sp³-hybridized carbons (Fsp3) is 0. The van der Waals surface area contributed by atoms with Crippen LogP contribution in [0.3, 0.4) is 0 Å². The average Bonchev–Trinajstić information content (AvgIpc) is 3.01. The van der Waals surface area contributed by atoms with Crippen LogP contribution in [-0.4, -0.2) is 17.8 Å². The summed E-state index contributed by atoms with van der Waals surface area (Å²) in [6.45, 7) is 0. The van der Waals surface area contributed by atoms with Crippen molar-refractivity contribution in [3.63, 3.8) is 0 Å². The molecule has 0 fully saturated rings. The van der Waals surface area contributed by atoms with E-state index in [1.807, 2.05) is 0 Å². The zero-order chi connectivity index (χ0) is 24.6. The molecular weight excluding hydrogens is 529 g/mol. The van der Waals surface area contributed by atoms with Crippen LogP contribution in [0.1, 0.15) is 10.4 Å². The van der Waals surface area contributed by atoms with Crippen molar-refractivity contribution in [3.8, 4) is 5.75 Å². The second-order valence-electron chi connectivity index (χ2n) is 6.90. The van der Waals surface area contributed by atoms with Crippen LogP contribution in [0.5, 0.6) is 5.75 Å². The summed E-state index contributed by atoms with van der Waals surface area (Å²) in [5.41, 5.74) is 0.452. The summed E-state index contributed by atoms with van der Waals surface area (Å²) >= 11 is 23.7. The van der Waals surface area contributed by atoms with Gasteiger partial charge < -0.3 is 10.1 Å². The highest BCUT2D eigenvalue weighted by Crippen LogP contribution is 2.32. The molecule has 0 saturated heterocycles. The van der Waals surface area contributed by atoms with Gasteiger partial charge in [0.25, 0.3) is 11.8 Å². The number of imide groups is 1. The molecule has 6 nitrogen and oxygen atoms in total. The topological polar surface area (TPSA) is 75.7 Å². The fourth-order valence-corrected chi connectivity index (χ4v) is 3.86. The van der Waals surface area contributed by atoms with Gasteiger partial charge in [-0.25, -0.2) is 14.1 Å². The zero-order valence-electron chi connectivity index (χ0n) is 16.7. The number of ether oxygens (including phenoxy) is 1. The molecule has 0 atom stereocenters. The van der Waals surface area contributed by atoms with Gasteiger partial charge in [0.2, 0.25) is 0 Å². The second-order valence-corrected chi connectivity index (χ2v) is 8.53. The fourth-order valence-electron chi connectivity index (χ4n) is 3.02. The minimum absolute atomic E-state index is 0.0651. The molecule has 0 saturated carbocycles. The Balaban J connectivity index is 1.49. The van der Waals surface area contributed by atoms with Gasteiger partial charge in [-0.1, -0.05) is 46.4 Å². The number of carbonyl (C=O) groups is 3. The van der Waals surface area contributed by atoms with E-state index in [4.69, 9.17) is 51.1 Å². The molecule has 2 amide bonds. The molecule has 1 aliphatic rings. The molecule has 1 aliphatic heterocycles. The molecule has 0 aliphatic carbocycles. The molecule has 11 heteroatoms. The maximum absolute atomic E-state index is 13.5. The number of hydrogen-bond donors (Lipinski definition) is 1. The van der Waals surface area contributed by atoms with Crippen LogP contribution < -0.4 is 15.0 Å². The lowest BCUT2D eigenvalue weighted by Crippen LogP contribution is -2.32. The summed E-state index contributed by atoms with van der Waals surface area (Å²) in [5, 5.41) is 2.74. The molecule has 3 aromatic carbocycles. The van der Waals surface area contributed by atoms with E-state index in [0.29, 0.717) is 10.7 Å². The molecule has 0 spiro atoms. The minimum atomic E-state index is -0.795. The summed E-state index contributed by atoms with van der Waals surface area (Å²) in [4.78, 5) is 38.5. The molecule has 1 N–H and O–H groups in total. The van der Waals surface area contributed by atoms with Gasteiger partial charge in [0.1, 0.15) is 22.3 Å². The Morgan fingerprint density at radius 3 is 2.21 bits per heavy atom. The van der Waals surface area contributed by atoms with E-state index in [9.17, 15) is 18.8 Å². The van der Waals surface area contributed by atoms with Crippen molar-refractivity contribution in [2.24, 2.45) is 0 Å². The first-order chi connectivity index (χ1) is 16.2. The smallest absolute Gasteiger partial charge is 0.343 e. The van der Waals surface area contributed by atoms with E-state index in [1.165, 1.54) is 48.5 Å². The summed E-state index contributed by atoms with van der Waals surface area (Å²) in [6.07, 6.45) is 0. The molecule has 3 aromatic rings. The van der Waals surface area contributed by atoms with Crippen LogP contribution in [-0.2, 0) is 9.59 Å². The Morgan fingerprint density at radius 2 is 1.56 bits per heavy atom. The maximum Gasteiger partial charge on any atom is 0.343 e. The molecular formula is C23H11Cl4FN2O4. The third-order valence-electron chi connectivity index (χ3n) is 4.68. The largest absolute Gasteiger partial charge is 0.421 e. The van der Waals surface area contributed by atoms with Crippen LogP contribution in [0, 0.1) is 5.82 Å². The summed E-state index contributed by atoms with van der Waals surface area (Å²) < 4.78 is 18.7. The standard InChI is InChI=1S/C23H11Cl4FN2O4/c24-12-3-8-18(16(26)9-12)34-23(33)11-1-4-13(5-2-11)29-20-19(27)21(31)30(22(20)32)14-6-7-17(28)15(25)10-14/h1-10,29H. The molecule has 0 unspecified atom stereocenters. The maximum atomic E-state index is 13.5.